The summed E-state index contributed by atoms with van der Waals surface area (Å²) in [7, 11) is 4.63. The molecule has 2 aromatic rings. The van der Waals surface area contributed by atoms with Gasteiger partial charge >= 0.3 is 0 Å². The number of amides is 2. The Labute approximate surface area is 264 Å². The van der Waals surface area contributed by atoms with Gasteiger partial charge in [0.25, 0.3) is 0 Å². The zero-order valence-corrected chi connectivity index (χ0v) is 26.2. The Balaban J connectivity index is 1.76. The van der Waals surface area contributed by atoms with Crippen molar-refractivity contribution in [1.82, 2.24) is 10.2 Å². The molecule has 4 atom stereocenters. The highest BCUT2D eigenvalue weighted by molar-refractivity contribution is 5.96. The molecule has 0 bridgehead atoms. The molecule has 244 valence electrons. The van der Waals surface area contributed by atoms with Crippen molar-refractivity contribution in [3.63, 3.8) is 0 Å². The molecule has 1 aliphatic carbocycles. The molecule has 2 aliphatic rings. The summed E-state index contributed by atoms with van der Waals surface area (Å²) in [6.45, 7) is 3.48. The number of methoxy groups -OCH3 is 3. The predicted molar refractivity (Wildman–Crippen MR) is 168 cm³/mol. The molecule has 0 radical (unpaired) electrons. The molecule has 1 heterocycles. The van der Waals surface area contributed by atoms with Crippen LogP contribution in [0.15, 0.2) is 54.6 Å². The van der Waals surface area contributed by atoms with E-state index in [1.54, 1.807) is 49.5 Å². The molecule has 0 saturated heterocycles. The molecule has 2 amide bonds. The van der Waals surface area contributed by atoms with Gasteiger partial charge < -0.3 is 44.5 Å². The summed E-state index contributed by atoms with van der Waals surface area (Å²) in [6, 6.07) is 7.93. The Morgan fingerprint density at radius 1 is 1.07 bits per heavy atom. The van der Waals surface area contributed by atoms with Gasteiger partial charge in [0.05, 0.1) is 46.5 Å². The Bertz CT molecular complexity index is 1390. The largest absolute Gasteiger partial charge is 0.497 e. The quantitative estimate of drug-likeness (QED) is 0.164. The summed E-state index contributed by atoms with van der Waals surface area (Å²) in [5, 5.41) is 33.9. The molecule has 1 aliphatic heterocycles. The van der Waals surface area contributed by atoms with E-state index in [4.69, 9.17) is 18.9 Å². The van der Waals surface area contributed by atoms with E-state index in [1.165, 1.54) is 7.11 Å². The second-order valence-corrected chi connectivity index (χ2v) is 11.1. The first-order valence-electron chi connectivity index (χ1n) is 15.2. The minimum Gasteiger partial charge on any atom is -0.497 e. The number of unbranched alkanes of at least 4 members (excludes halogenated alkanes) is 2. The average molecular weight is 625 g/mol. The zero-order chi connectivity index (χ0) is 32.5. The van der Waals surface area contributed by atoms with Crippen molar-refractivity contribution in [2.45, 2.75) is 62.9 Å². The molecule has 45 heavy (non-hydrogen) atoms. The second-order valence-electron chi connectivity index (χ2n) is 11.1. The fourth-order valence-electron chi connectivity index (χ4n) is 6.09. The summed E-state index contributed by atoms with van der Waals surface area (Å²) < 4.78 is 22.8. The van der Waals surface area contributed by atoms with Crippen LogP contribution in [-0.2, 0) is 22.6 Å². The molecule has 0 saturated carbocycles. The summed E-state index contributed by atoms with van der Waals surface area (Å²) in [6.07, 6.45) is 4.17. The van der Waals surface area contributed by atoms with Crippen LogP contribution in [0.4, 0.5) is 0 Å². The maximum Gasteiger partial charge on any atom is 0.247 e. The predicted octanol–water partition coefficient (Wildman–Crippen LogP) is 2.65. The van der Waals surface area contributed by atoms with Gasteiger partial charge in [0.1, 0.15) is 23.7 Å². The van der Waals surface area contributed by atoms with E-state index in [1.807, 2.05) is 12.1 Å². The molecular weight excluding hydrogens is 580 g/mol. The maximum absolute atomic E-state index is 13.9. The van der Waals surface area contributed by atoms with E-state index in [-0.39, 0.29) is 38.6 Å². The second kappa shape index (κ2) is 15.8. The topological polar surface area (TPSA) is 147 Å². The van der Waals surface area contributed by atoms with Crippen molar-refractivity contribution in [1.29, 1.82) is 0 Å². The van der Waals surface area contributed by atoms with Gasteiger partial charge in [-0.25, -0.2) is 0 Å². The summed E-state index contributed by atoms with van der Waals surface area (Å²) in [5.41, 5.74) is 2.27. The molecule has 4 N–H and O–H groups in total. The van der Waals surface area contributed by atoms with Crippen LogP contribution in [0.2, 0.25) is 0 Å². The van der Waals surface area contributed by atoms with Crippen LogP contribution < -0.4 is 24.3 Å². The van der Waals surface area contributed by atoms with E-state index in [2.05, 4.69) is 11.9 Å². The third kappa shape index (κ3) is 7.43. The summed E-state index contributed by atoms with van der Waals surface area (Å²) >= 11 is 0. The highest BCUT2D eigenvalue weighted by Gasteiger charge is 2.51. The van der Waals surface area contributed by atoms with Gasteiger partial charge in [0.2, 0.25) is 11.8 Å². The lowest BCUT2D eigenvalue weighted by atomic mass is 9.77. The third-order valence-corrected chi connectivity index (χ3v) is 8.33. The molecule has 11 heteroatoms. The molecule has 0 aromatic heterocycles. The molecule has 2 aromatic carbocycles. The molecule has 0 spiro atoms. The van der Waals surface area contributed by atoms with E-state index in [0.717, 1.165) is 18.4 Å². The lowest BCUT2D eigenvalue weighted by Crippen LogP contribution is -2.56. The standard InChI is InChI=1S/C34H44N2O9/c1-5-6-7-8-9-29(39)36(14-12-22-18-23(42-2)10-11-27(22)43-3)26-19-25(34(41)35-13-15-37)30-24-16-21(20-38)17-28(44-4)32(24)45-33(30)31(26)40/h5,10-11,16-19,26,30-31,33,37-38,40H,1,6-9,12-15,20H2,2-4H3,(H,35,41). The van der Waals surface area contributed by atoms with Crippen molar-refractivity contribution >= 4 is 11.8 Å². The average Bonchev–Trinajstić information content (AvgIpc) is 3.46. The molecule has 4 unspecified atom stereocenters. The number of benzene rings is 2. The lowest BCUT2D eigenvalue weighted by Gasteiger charge is -2.41. The van der Waals surface area contributed by atoms with Gasteiger partial charge in [-0.2, -0.15) is 0 Å². The fourth-order valence-corrected chi connectivity index (χ4v) is 6.09. The number of hydrogen-bond acceptors (Lipinski definition) is 9. The van der Waals surface area contributed by atoms with Gasteiger partial charge in [0.15, 0.2) is 11.5 Å². The number of carbonyl (C=O) groups excluding carboxylic acids is 2. The minimum absolute atomic E-state index is 0.0239. The van der Waals surface area contributed by atoms with E-state index >= 15 is 0 Å². The first kappa shape index (κ1) is 33.8. The van der Waals surface area contributed by atoms with E-state index < -0.39 is 30.1 Å². The highest BCUT2D eigenvalue weighted by atomic mass is 16.5. The SMILES string of the molecule is C=CCCCCC(=O)N(CCc1cc(OC)ccc1OC)C1C=C(C(=O)NCCO)C2c3cc(CO)cc(OC)c3OC2C1O. The van der Waals surface area contributed by atoms with Crippen molar-refractivity contribution in [3.05, 3.63) is 71.3 Å². The normalized spacial score (nSPS) is 19.8. The smallest absolute Gasteiger partial charge is 0.247 e. The van der Waals surface area contributed by atoms with Crippen LogP contribution in [-0.4, -0.2) is 91.3 Å². The Morgan fingerprint density at radius 3 is 2.51 bits per heavy atom. The number of ether oxygens (including phenoxy) is 4. The van der Waals surface area contributed by atoms with Crippen LogP contribution in [0.3, 0.4) is 0 Å². The number of nitrogens with zero attached hydrogens (tertiary/aromatic N) is 1. The minimum atomic E-state index is -1.21. The van der Waals surface area contributed by atoms with Crippen molar-refractivity contribution < 1.29 is 43.9 Å². The Hall–Kier alpha value is -4.06. The number of fused-ring (bicyclic) bond motifs is 3. The lowest BCUT2D eigenvalue weighted by molar-refractivity contribution is -0.137. The van der Waals surface area contributed by atoms with E-state index in [0.29, 0.717) is 52.5 Å². The van der Waals surface area contributed by atoms with Gasteiger partial charge in [0, 0.05) is 30.6 Å². The third-order valence-electron chi connectivity index (χ3n) is 8.33. The Kier molecular flexibility index (Phi) is 11.9. The molecular formula is C34H44N2O9. The molecule has 0 fully saturated rings. The number of nitrogens with one attached hydrogen (secondary N) is 1. The highest BCUT2D eigenvalue weighted by Crippen LogP contribution is 2.51. The number of hydrogen-bond donors (Lipinski definition) is 4. The first-order valence-corrected chi connectivity index (χ1v) is 15.2. The fraction of sp³-hybridized carbons (Fsp3) is 0.471. The van der Waals surface area contributed by atoms with Crippen molar-refractivity contribution in [2.75, 3.05) is 41.0 Å². The van der Waals surface area contributed by atoms with Gasteiger partial charge in [-0.15, -0.1) is 6.58 Å². The van der Waals surface area contributed by atoms with Gasteiger partial charge in [-0.05, 0) is 73.2 Å². The summed E-state index contributed by atoms with van der Waals surface area (Å²) in [4.78, 5) is 29.1. The van der Waals surface area contributed by atoms with Crippen LogP contribution in [0.5, 0.6) is 23.0 Å². The zero-order valence-electron chi connectivity index (χ0n) is 26.2. The van der Waals surface area contributed by atoms with Crippen LogP contribution >= 0.6 is 0 Å². The van der Waals surface area contributed by atoms with Crippen LogP contribution in [0.25, 0.3) is 0 Å². The van der Waals surface area contributed by atoms with E-state index in [9.17, 15) is 24.9 Å². The number of carbonyl (C=O) groups is 2. The number of rotatable bonds is 16. The monoisotopic (exact) mass is 624 g/mol. The first-order chi connectivity index (χ1) is 21.8. The molecule has 11 nitrogen and oxygen atoms in total. The summed E-state index contributed by atoms with van der Waals surface area (Å²) in [5.74, 6) is 0.690. The van der Waals surface area contributed by atoms with Gasteiger partial charge in [-0.1, -0.05) is 6.08 Å². The van der Waals surface area contributed by atoms with Crippen molar-refractivity contribution in [2.24, 2.45) is 0 Å². The van der Waals surface area contributed by atoms with Gasteiger partial charge in [-0.3, -0.25) is 9.59 Å². The molecule has 4 rings (SSSR count). The number of aliphatic hydroxyl groups is 3. The van der Waals surface area contributed by atoms with Crippen molar-refractivity contribution in [3.8, 4) is 23.0 Å². The Morgan fingerprint density at radius 2 is 1.84 bits per heavy atom. The van der Waals surface area contributed by atoms with Crippen LogP contribution in [0.1, 0.15) is 48.3 Å². The van der Waals surface area contributed by atoms with Crippen LogP contribution in [0, 0.1) is 0 Å². The maximum atomic E-state index is 13.9. The number of aliphatic hydroxyl groups excluding tert-OH is 3. The number of allylic oxidation sites excluding steroid dienone is 1.